The molecule has 3 aromatic rings. The number of aromatic amines is 1. The molecule has 0 spiro atoms. The first-order valence-electron chi connectivity index (χ1n) is 10.6. The van der Waals surface area contributed by atoms with Crippen LogP contribution in [-0.2, 0) is 22.5 Å². The maximum atomic E-state index is 11.1. The molecule has 0 unspecified atom stereocenters. The van der Waals surface area contributed by atoms with Gasteiger partial charge in [-0.3, -0.25) is 14.9 Å². The number of nitrogens with one attached hydrogen (secondary N) is 2. The van der Waals surface area contributed by atoms with Crippen LogP contribution in [0.1, 0.15) is 28.8 Å². The van der Waals surface area contributed by atoms with E-state index in [0.717, 1.165) is 31.5 Å². The summed E-state index contributed by atoms with van der Waals surface area (Å²) < 4.78 is 5.71. The van der Waals surface area contributed by atoms with Crippen molar-refractivity contribution in [2.24, 2.45) is 0 Å². The van der Waals surface area contributed by atoms with Crippen LogP contribution < -0.4 is 5.48 Å². The third-order valence-electron chi connectivity index (χ3n) is 6.19. The van der Waals surface area contributed by atoms with Crippen molar-refractivity contribution in [2.75, 3.05) is 13.7 Å². The van der Waals surface area contributed by atoms with E-state index in [0.29, 0.717) is 6.04 Å². The van der Waals surface area contributed by atoms with Crippen molar-refractivity contribution in [3.63, 3.8) is 0 Å². The number of hydrogen-bond acceptors (Lipinski definition) is 4. The molecule has 0 bridgehead atoms. The van der Waals surface area contributed by atoms with Gasteiger partial charge in [0.05, 0.1) is 6.10 Å². The molecule has 2 heterocycles. The quantitative estimate of drug-likeness (QED) is 0.309. The lowest BCUT2D eigenvalue weighted by Gasteiger charge is -2.24. The molecule has 6 heteroatoms. The molecule has 1 fully saturated rings. The number of aryl methyl sites for hydroxylation is 1. The predicted molar refractivity (Wildman–Crippen MR) is 122 cm³/mol. The zero-order valence-electron chi connectivity index (χ0n) is 18.0. The molecule has 1 saturated heterocycles. The zero-order chi connectivity index (χ0) is 21.8. The molecule has 0 radical (unpaired) electrons. The maximum absolute atomic E-state index is 11.1. The minimum absolute atomic E-state index is 0.245. The molecule has 2 atom stereocenters. The number of benzene rings is 2. The Morgan fingerprint density at radius 3 is 2.77 bits per heavy atom. The summed E-state index contributed by atoms with van der Waals surface area (Å²) >= 11 is 0. The third kappa shape index (κ3) is 4.88. The summed E-state index contributed by atoms with van der Waals surface area (Å²) in [6, 6.07) is 17.1. The summed E-state index contributed by atoms with van der Waals surface area (Å²) in [5.74, 6) is -0.540. The minimum Gasteiger partial charge on any atom is -0.380 e. The van der Waals surface area contributed by atoms with Crippen LogP contribution in [0.25, 0.3) is 17.0 Å². The smallest absolute Gasteiger partial charge is 0.267 e. The van der Waals surface area contributed by atoms with Gasteiger partial charge in [-0.1, -0.05) is 42.5 Å². The Bertz CT molecular complexity index is 1070. The molecule has 1 aromatic heterocycles. The number of aromatic nitrogens is 1. The first-order chi connectivity index (χ1) is 15.1. The number of hydrogen-bond donors (Lipinski definition) is 3. The van der Waals surface area contributed by atoms with Gasteiger partial charge in [0, 0.05) is 48.9 Å². The SMILES string of the molecule is CO[C@@H]1C[C@H](Cc2c(C)[nH]c3ccccc23)N(Cc2ccc(C=CC(=O)NO)cc2)C1. The molecule has 162 valence electrons. The molecule has 2 aromatic carbocycles. The number of likely N-dealkylation sites (tertiary alicyclic amines) is 1. The van der Waals surface area contributed by atoms with Gasteiger partial charge in [-0.2, -0.15) is 0 Å². The second kappa shape index (κ2) is 9.47. The molecule has 4 rings (SSSR count). The fraction of sp³-hybridized carbons (Fsp3) is 0.320. The van der Waals surface area contributed by atoms with Crippen molar-refractivity contribution in [1.82, 2.24) is 15.4 Å². The molecule has 0 aliphatic carbocycles. The van der Waals surface area contributed by atoms with Gasteiger partial charge >= 0.3 is 0 Å². The fourth-order valence-electron chi connectivity index (χ4n) is 4.53. The topological polar surface area (TPSA) is 77.6 Å². The Labute approximate surface area is 182 Å². The van der Waals surface area contributed by atoms with Gasteiger partial charge in [0.2, 0.25) is 0 Å². The highest BCUT2D eigenvalue weighted by Crippen LogP contribution is 2.30. The molecular formula is C25H29N3O3. The van der Waals surface area contributed by atoms with E-state index in [9.17, 15) is 4.79 Å². The highest BCUT2D eigenvalue weighted by molar-refractivity contribution is 5.90. The lowest BCUT2D eigenvalue weighted by molar-refractivity contribution is -0.124. The summed E-state index contributed by atoms with van der Waals surface area (Å²) in [6.45, 7) is 3.93. The normalized spacial score (nSPS) is 19.5. The van der Waals surface area contributed by atoms with E-state index in [2.05, 4.69) is 53.2 Å². The number of amides is 1. The van der Waals surface area contributed by atoms with Crippen LogP contribution in [0.3, 0.4) is 0 Å². The second-order valence-electron chi connectivity index (χ2n) is 8.21. The molecular weight excluding hydrogens is 390 g/mol. The summed E-state index contributed by atoms with van der Waals surface area (Å²) in [6.07, 6.45) is 5.24. The lowest BCUT2D eigenvalue weighted by Crippen LogP contribution is -2.31. The van der Waals surface area contributed by atoms with Gasteiger partial charge in [0.1, 0.15) is 0 Å². The van der Waals surface area contributed by atoms with E-state index >= 15 is 0 Å². The van der Waals surface area contributed by atoms with E-state index in [1.54, 1.807) is 18.7 Å². The third-order valence-corrected chi connectivity index (χ3v) is 6.19. The Morgan fingerprint density at radius 1 is 1.26 bits per heavy atom. The zero-order valence-corrected chi connectivity index (χ0v) is 18.0. The van der Waals surface area contributed by atoms with Gasteiger partial charge < -0.3 is 9.72 Å². The molecule has 0 saturated carbocycles. The van der Waals surface area contributed by atoms with Gasteiger partial charge in [-0.25, -0.2) is 5.48 Å². The van der Waals surface area contributed by atoms with Crippen LogP contribution >= 0.6 is 0 Å². The van der Waals surface area contributed by atoms with Gasteiger partial charge in [0.25, 0.3) is 5.91 Å². The van der Waals surface area contributed by atoms with Crippen LogP contribution in [0.4, 0.5) is 0 Å². The summed E-state index contributed by atoms with van der Waals surface area (Å²) in [4.78, 5) is 17.2. The number of H-pyrrole nitrogens is 1. The number of carbonyl (C=O) groups is 1. The monoisotopic (exact) mass is 419 g/mol. The molecule has 3 N–H and O–H groups in total. The first-order valence-corrected chi connectivity index (χ1v) is 10.6. The minimum atomic E-state index is -0.540. The number of nitrogens with zero attached hydrogens (tertiary/aromatic N) is 1. The highest BCUT2D eigenvalue weighted by atomic mass is 16.5. The Kier molecular flexibility index (Phi) is 6.51. The fourth-order valence-corrected chi connectivity index (χ4v) is 4.53. The predicted octanol–water partition coefficient (Wildman–Crippen LogP) is 3.83. The van der Waals surface area contributed by atoms with Crippen LogP contribution in [0, 0.1) is 6.92 Å². The maximum Gasteiger partial charge on any atom is 0.267 e. The Balaban J connectivity index is 1.49. The van der Waals surface area contributed by atoms with Crippen molar-refractivity contribution in [1.29, 1.82) is 0 Å². The second-order valence-corrected chi connectivity index (χ2v) is 8.21. The van der Waals surface area contributed by atoms with Crippen LogP contribution in [0.15, 0.2) is 54.6 Å². The molecule has 1 aliphatic rings. The highest BCUT2D eigenvalue weighted by Gasteiger charge is 2.33. The number of fused-ring (bicyclic) bond motifs is 1. The average molecular weight is 420 g/mol. The van der Waals surface area contributed by atoms with E-state index in [1.807, 2.05) is 12.1 Å². The Morgan fingerprint density at radius 2 is 2.03 bits per heavy atom. The molecule has 31 heavy (non-hydrogen) atoms. The van der Waals surface area contributed by atoms with Crippen molar-refractivity contribution in [3.8, 4) is 0 Å². The largest absolute Gasteiger partial charge is 0.380 e. The molecule has 1 aliphatic heterocycles. The van der Waals surface area contributed by atoms with E-state index in [-0.39, 0.29) is 6.10 Å². The number of para-hydroxylation sites is 1. The van der Waals surface area contributed by atoms with Crippen molar-refractivity contribution < 1.29 is 14.7 Å². The van der Waals surface area contributed by atoms with Crippen LogP contribution in [-0.4, -0.2) is 46.8 Å². The molecule has 1 amide bonds. The van der Waals surface area contributed by atoms with E-state index in [4.69, 9.17) is 9.94 Å². The summed E-state index contributed by atoms with van der Waals surface area (Å²) in [5, 5.41) is 9.89. The van der Waals surface area contributed by atoms with Crippen molar-refractivity contribution >= 4 is 22.9 Å². The number of ether oxygens (including phenoxy) is 1. The van der Waals surface area contributed by atoms with Gasteiger partial charge in [-0.05, 0) is 48.6 Å². The summed E-state index contributed by atoms with van der Waals surface area (Å²) in [5.41, 5.74) is 7.56. The Hall–Kier alpha value is -2.93. The van der Waals surface area contributed by atoms with Gasteiger partial charge in [0.15, 0.2) is 0 Å². The number of rotatable bonds is 7. The average Bonchev–Trinajstić information content (AvgIpc) is 3.33. The number of methoxy groups -OCH3 is 1. The van der Waals surface area contributed by atoms with Crippen LogP contribution in [0.2, 0.25) is 0 Å². The number of carbonyl (C=O) groups excluding carboxylic acids is 1. The van der Waals surface area contributed by atoms with Crippen molar-refractivity contribution in [3.05, 3.63) is 77.0 Å². The van der Waals surface area contributed by atoms with Gasteiger partial charge in [-0.15, -0.1) is 0 Å². The van der Waals surface area contributed by atoms with Crippen molar-refractivity contribution in [2.45, 2.75) is 38.5 Å². The van der Waals surface area contributed by atoms with E-state index in [1.165, 1.54) is 33.8 Å². The number of hydroxylamine groups is 1. The van der Waals surface area contributed by atoms with Crippen LogP contribution in [0.5, 0.6) is 0 Å². The lowest BCUT2D eigenvalue weighted by atomic mass is 10.00. The molecule has 6 nitrogen and oxygen atoms in total. The van der Waals surface area contributed by atoms with E-state index < -0.39 is 5.91 Å². The standard InChI is InChI=1S/C25H29N3O3/c1-17-23(22-5-3-4-6-24(22)26-17)14-20-13-21(31-2)16-28(20)15-19-9-7-18(8-10-19)11-12-25(29)27-30/h3-12,20-21,26,30H,13-16H2,1-2H3,(H,27,29)/t20-,21-/m1/s1. The first kappa shape index (κ1) is 21.3. The summed E-state index contributed by atoms with van der Waals surface area (Å²) in [7, 11) is 1.80.